The van der Waals surface area contributed by atoms with Crippen molar-refractivity contribution < 1.29 is 19.1 Å². The molecule has 0 saturated heterocycles. The fraction of sp³-hybridized carbons (Fsp3) is 0.500. The van der Waals surface area contributed by atoms with Crippen LogP contribution in [0.4, 0.5) is 4.79 Å². The Labute approximate surface area is 128 Å². The van der Waals surface area contributed by atoms with E-state index in [-0.39, 0.29) is 18.7 Å². The van der Waals surface area contributed by atoms with Crippen molar-refractivity contribution in [2.75, 3.05) is 6.61 Å². The van der Waals surface area contributed by atoms with Crippen molar-refractivity contribution in [1.29, 1.82) is 0 Å². The van der Waals surface area contributed by atoms with E-state index < -0.39 is 17.7 Å². The van der Waals surface area contributed by atoms with E-state index in [2.05, 4.69) is 10.3 Å². The van der Waals surface area contributed by atoms with Crippen LogP contribution in [0.3, 0.4) is 0 Å². The van der Waals surface area contributed by atoms with Crippen LogP contribution in [0.1, 0.15) is 43.7 Å². The third-order valence-electron chi connectivity index (χ3n) is 2.23. The van der Waals surface area contributed by atoms with Gasteiger partial charge in [0.2, 0.25) is 0 Å². The quantitative estimate of drug-likeness (QED) is 0.865. The van der Waals surface area contributed by atoms with Crippen LogP contribution < -0.4 is 5.32 Å². The average Bonchev–Trinajstić information content (AvgIpc) is 2.35. The first-order valence-corrected chi connectivity index (χ1v) is 6.89. The van der Waals surface area contributed by atoms with Gasteiger partial charge in [0.15, 0.2) is 0 Å². The van der Waals surface area contributed by atoms with Crippen molar-refractivity contribution in [3.8, 4) is 0 Å². The molecule has 0 aliphatic heterocycles. The molecule has 6 nitrogen and oxygen atoms in total. The Morgan fingerprint density at radius 2 is 2.05 bits per heavy atom. The van der Waals surface area contributed by atoms with E-state index in [0.717, 1.165) is 0 Å². The van der Waals surface area contributed by atoms with Crippen LogP contribution in [-0.2, 0) is 16.0 Å². The third-order valence-corrected chi connectivity index (χ3v) is 2.44. The first-order valence-electron chi connectivity index (χ1n) is 6.51. The summed E-state index contributed by atoms with van der Waals surface area (Å²) in [6.45, 7) is 7.27. The highest BCUT2D eigenvalue weighted by molar-refractivity contribution is 6.30. The van der Waals surface area contributed by atoms with Gasteiger partial charge in [0.25, 0.3) is 0 Å². The molecule has 0 aliphatic carbocycles. The molecule has 116 valence electrons. The van der Waals surface area contributed by atoms with Crippen molar-refractivity contribution >= 4 is 23.7 Å². The number of carbonyl (C=O) groups is 2. The molecule has 0 saturated carbocycles. The number of carbonyl (C=O) groups excluding carboxylic acids is 2. The van der Waals surface area contributed by atoms with Gasteiger partial charge in [0.05, 0.1) is 29.4 Å². The Morgan fingerprint density at radius 3 is 2.62 bits per heavy atom. The van der Waals surface area contributed by atoms with Crippen LogP contribution in [0.2, 0.25) is 5.02 Å². The fourth-order valence-electron chi connectivity index (χ4n) is 1.46. The highest BCUT2D eigenvalue weighted by Gasteiger charge is 2.18. The lowest BCUT2D eigenvalue weighted by atomic mass is 10.2. The van der Waals surface area contributed by atoms with E-state index in [9.17, 15) is 9.59 Å². The average molecular weight is 315 g/mol. The smallest absolute Gasteiger partial charge is 0.407 e. The fourth-order valence-corrected chi connectivity index (χ4v) is 1.62. The number of ether oxygens (including phenoxy) is 2. The maximum atomic E-state index is 11.8. The molecule has 0 radical (unpaired) electrons. The number of nitrogens with zero attached hydrogens (tertiary/aromatic N) is 1. The minimum atomic E-state index is -0.596. The number of hydrogen-bond donors (Lipinski definition) is 1. The van der Waals surface area contributed by atoms with Gasteiger partial charge in [-0.3, -0.25) is 4.98 Å². The molecule has 0 unspecified atom stereocenters. The summed E-state index contributed by atoms with van der Waals surface area (Å²) < 4.78 is 10.0. The number of rotatable bonds is 4. The Balaban J connectivity index is 2.79. The second kappa shape index (κ2) is 7.26. The standard InChI is InChI=1S/C14H19ClN2O4/c1-5-20-12(18)10-6-9(15)7-16-11(10)8-17-13(19)21-14(2,3)4/h6-7H,5,8H2,1-4H3,(H,17,19). The molecule has 1 aromatic rings. The second-order valence-electron chi connectivity index (χ2n) is 5.22. The molecule has 0 fully saturated rings. The van der Waals surface area contributed by atoms with E-state index in [1.807, 2.05) is 0 Å². The lowest BCUT2D eigenvalue weighted by Gasteiger charge is -2.19. The molecule has 1 N–H and O–H groups in total. The second-order valence-corrected chi connectivity index (χ2v) is 5.66. The molecule has 0 bridgehead atoms. The Hall–Kier alpha value is -1.82. The number of alkyl carbamates (subject to hydrolysis) is 1. The molecule has 7 heteroatoms. The van der Waals surface area contributed by atoms with Gasteiger partial charge in [0, 0.05) is 6.20 Å². The van der Waals surface area contributed by atoms with E-state index >= 15 is 0 Å². The highest BCUT2D eigenvalue weighted by atomic mass is 35.5. The molecule has 1 amide bonds. The van der Waals surface area contributed by atoms with Gasteiger partial charge >= 0.3 is 12.1 Å². The number of amides is 1. The summed E-state index contributed by atoms with van der Waals surface area (Å²) in [5.74, 6) is -0.534. The maximum absolute atomic E-state index is 11.8. The summed E-state index contributed by atoms with van der Waals surface area (Å²) in [4.78, 5) is 27.5. The Bertz CT molecular complexity index is 526. The zero-order chi connectivity index (χ0) is 16.0. The van der Waals surface area contributed by atoms with Gasteiger partial charge in [0.1, 0.15) is 5.60 Å². The number of aromatic nitrogens is 1. The van der Waals surface area contributed by atoms with Crippen molar-refractivity contribution in [3.05, 3.63) is 28.5 Å². The maximum Gasteiger partial charge on any atom is 0.407 e. The number of esters is 1. The van der Waals surface area contributed by atoms with Crippen LogP contribution in [-0.4, -0.2) is 29.3 Å². The summed E-state index contributed by atoms with van der Waals surface area (Å²) in [7, 11) is 0. The molecule has 0 aromatic carbocycles. The highest BCUT2D eigenvalue weighted by Crippen LogP contribution is 2.15. The summed E-state index contributed by atoms with van der Waals surface area (Å²) in [6, 6.07) is 1.46. The summed E-state index contributed by atoms with van der Waals surface area (Å²) in [5, 5.41) is 2.86. The lowest BCUT2D eigenvalue weighted by molar-refractivity contribution is 0.0501. The summed E-state index contributed by atoms with van der Waals surface area (Å²) >= 11 is 5.83. The van der Waals surface area contributed by atoms with Gasteiger partial charge < -0.3 is 14.8 Å². The summed E-state index contributed by atoms with van der Waals surface area (Å²) in [5.41, 5.74) is -0.00861. The third kappa shape index (κ3) is 5.99. The molecule has 0 atom stereocenters. The lowest BCUT2D eigenvalue weighted by Crippen LogP contribution is -2.32. The van der Waals surface area contributed by atoms with Gasteiger partial charge in [-0.15, -0.1) is 0 Å². The van der Waals surface area contributed by atoms with Crippen LogP contribution in [0.5, 0.6) is 0 Å². The van der Waals surface area contributed by atoms with Gasteiger partial charge in [-0.1, -0.05) is 11.6 Å². The SMILES string of the molecule is CCOC(=O)c1cc(Cl)cnc1CNC(=O)OC(C)(C)C. The van der Waals surface area contributed by atoms with Crippen LogP contribution in [0, 0.1) is 0 Å². The number of pyridine rings is 1. The minimum absolute atomic E-state index is 0.0419. The predicted molar refractivity (Wildman–Crippen MR) is 78.3 cm³/mol. The normalized spacial score (nSPS) is 10.9. The first kappa shape index (κ1) is 17.2. The molecule has 1 heterocycles. The first-order chi connectivity index (χ1) is 9.73. The predicted octanol–water partition coefficient (Wildman–Crippen LogP) is 2.94. The van der Waals surface area contributed by atoms with Gasteiger partial charge in [-0.2, -0.15) is 0 Å². The zero-order valence-corrected chi connectivity index (χ0v) is 13.3. The van der Waals surface area contributed by atoms with E-state index in [4.69, 9.17) is 21.1 Å². The van der Waals surface area contributed by atoms with Gasteiger partial charge in [-0.25, -0.2) is 9.59 Å². The Morgan fingerprint density at radius 1 is 1.38 bits per heavy atom. The molecular formula is C14H19ClN2O4. The van der Waals surface area contributed by atoms with Crippen LogP contribution >= 0.6 is 11.6 Å². The van der Waals surface area contributed by atoms with Crippen LogP contribution in [0.15, 0.2) is 12.3 Å². The molecule has 1 rings (SSSR count). The topological polar surface area (TPSA) is 77.5 Å². The molecule has 1 aromatic heterocycles. The molecule has 0 spiro atoms. The summed E-state index contributed by atoms with van der Waals surface area (Å²) in [6.07, 6.45) is 0.810. The van der Waals surface area contributed by atoms with Crippen LogP contribution in [0.25, 0.3) is 0 Å². The van der Waals surface area contributed by atoms with E-state index in [0.29, 0.717) is 10.7 Å². The molecular weight excluding hydrogens is 296 g/mol. The van der Waals surface area contributed by atoms with Gasteiger partial charge in [-0.05, 0) is 33.8 Å². The zero-order valence-electron chi connectivity index (χ0n) is 12.5. The van der Waals surface area contributed by atoms with Crippen molar-refractivity contribution in [1.82, 2.24) is 10.3 Å². The number of hydrogen-bond acceptors (Lipinski definition) is 5. The number of halogens is 1. The molecule has 0 aliphatic rings. The minimum Gasteiger partial charge on any atom is -0.462 e. The van der Waals surface area contributed by atoms with Crippen molar-refractivity contribution in [2.45, 2.75) is 39.8 Å². The van der Waals surface area contributed by atoms with Crippen molar-refractivity contribution in [2.24, 2.45) is 0 Å². The van der Waals surface area contributed by atoms with E-state index in [1.165, 1.54) is 12.3 Å². The Kier molecular flexibility index (Phi) is 5.96. The van der Waals surface area contributed by atoms with E-state index in [1.54, 1.807) is 27.7 Å². The largest absolute Gasteiger partial charge is 0.462 e. The monoisotopic (exact) mass is 314 g/mol. The number of nitrogens with one attached hydrogen (secondary N) is 1. The van der Waals surface area contributed by atoms with Crippen molar-refractivity contribution in [3.63, 3.8) is 0 Å². The molecule has 21 heavy (non-hydrogen) atoms.